The van der Waals surface area contributed by atoms with Crippen LogP contribution in [0.15, 0.2) is 23.1 Å². The zero-order chi connectivity index (χ0) is 15.2. The largest absolute Gasteiger partial charge is 0.493 e. The third-order valence-electron chi connectivity index (χ3n) is 2.29. The lowest BCUT2D eigenvalue weighted by atomic mass is 10.2. The number of rotatable bonds is 7. The number of nitriles is 1. The topological polar surface area (TPSA) is 116 Å². The zero-order valence-corrected chi connectivity index (χ0v) is 11.6. The molecule has 0 fully saturated rings. The highest BCUT2D eigenvalue weighted by Gasteiger charge is 2.19. The van der Waals surface area contributed by atoms with Crippen molar-refractivity contribution in [2.45, 2.75) is 18.2 Å². The van der Waals surface area contributed by atoms with Crippen LogP contribution in [0.5, 0.6) is 5.75 Å². The van der Waals surface area contributed by atoms with Crippen molar-refractivity contribution in [1.29, 1.82) is 5.26 Å². The van der Waals surface area contributed by atoms with Gasteiger partial charge < -0.3 is 9.84 Å². The number of hydrogen-bond donors (Lipinski definition) is 2. The number of carbonyl (C=O) groups is 1. The fraction of sp³-hybridized carbons (Fsp3) is 0.333. The van der Waals surface area contributed by atoms with Crippen LogP contribution in [0.2, 0.25) is 0 Å². The van der Waals surface area contributed by atoms with E-state index in [0.29, 0.717) is 13.0 Å². The van der Waals surface area contributed by atoms with Crippen molar-refractivity contribution in [3.63, 3.8) is 0 Å². The van der Waals surface area contributed by atoms with Crippen molar-refractivity contribution in [2.24, 2.45) is 0 Å². The summed E-state index contributed by atoms with van der Waals surface area (Å²) in [5, 5.41) is 17.5. The Morgan fingerprint density at radius 3 is 2.75 bits per heavy atom. The molecule has 7 nitrogen and oxygen atoms in total. The Hall–Kier alpha value is -2.11. The maximum absolute atomic E-state index is 11.8. The van der Waals surface area contributed by atoms with Crippen LogP contribution in [0.25, 0.3) is 0 Å². The van der Waals surface area contributed by atoms with E-state index in [4.69, 9.17) is 15.1 Å². The van der Waals surface area contributed by atoms with E-state index in [0.717, 1.165) is 6.07 Å². The molecule has 8 heteroatoms. The molecule has 0 bridgehead atoms. The van der Waals surface area contributed by atoms with E-state index in [2.05, 4.69) is 0 Å². The fourth-order valence-electron chi connectivity index (χ4n) is 1.39. The maximum atomic E-state index is 11.8. The van der Waals surface area contributed by atoms with Crippen molar-refractivity contribution in [1.82, 2.24) is 4.72 Å². The number of nitrogens with zero attached hydrogens (tertiary/aromatic N) is 1. The second-order valence-corrected chi connectivity index (χ2v) is 5.56. The molecule has 1 aromatic carbocycles. The Balaban J connectivity index is 3.17. The van der Waals surface area contributed by atoms with Gasteiger partial charge in [0.1, 0.15) is 11.3 Å². The molecule has 0 aliphatic carbocycles. The first kappa shape index (κ1) is 15.9. The van der Waals surface area contributed by atoms with Crippen LogP contribution >= 0.6 is 0 Å². The van der Waals surface area contributed by atoms with Crippen molar-refractivity contribution in [3.05, 3.63) is 23.8 Å². The van der Waals surface area contributed by atoms with Gasteiger partial charge in [-0.15, -0.1) is 0 Å². The third kappa shape index (κ3) is 3.94. The van der Waals surface area contributed by atoms with E-state index >= 15 is 0 Å². The van der Waals surface area contributed by atoms with Gasteiger partial charge in [-0.3, -0.25) is 0 Å². The second kappa shape index (κ2) is 6.88. The number of nitrogens with one attached hydrogen (secondary N) is 1. The molecule has 0 aromatic heterocycles. The molecular formula is C12H14N2O5S. The Morgan fingerprint density at radius 1 is 1.50 bits per heavy atom. The fourth-order valence-corrected chi connectivity index (χ4v) is 2.33. The quantitative estimate of drug-likeness (QED) is 0.725. The van der Waals surface area contributed by atoms with Crippen LogP contribution in [-0.2, 0) is 10.0 Å². The number of benzene rings is 1. The maximum Gasteiger partial charge on any atom is 0.339 e. The van der Waals surface area contributed by atoms with Gasteiger partial charge >= 0.3 is 5.97 Å². The minimum atomic E-state index is -3.91. The Labute approximate surface area is 116 Å². The van der Waals surface area contributed by atoms with Crippen molar-refractivity contribution in [2.75, 3.05) is 13.2 Å². The number of aromatic carboxylic acids is 1. The number of carboxylic acids is 1. The molecule has 108 valence electrons. The number of ether oxygens (including phenoxy) is 1. The lowest BCUT2D eigenvalue weighted by molar-refractivity contribution is 0.0692. The molecular weight excluding hydrogens is 284 g/mol. The second-order valence-electron chi connectivity index (χ2n) is 3.79. The first-order valence-corrected chi connectivity index (χ1v) is 7.27. The highest BCUT2D eigenvalue weighted by molar-refractivity contribution is 7.89. The van der Waals surface area contributed by atoms with Gasteiger partial charge in [-0.05, 0) is 24.6 Å². The molecule has 1 aromatic rings. The summed E-state index contributed by atoms with van der Waals surface area (Å²) in [7, 11) is -3.91. The summed E-state index contributed by atoms with van der Waals surface area (Å²) in [5.74, 6) is -1.17. The summed E-state index contributed by atoms with van der Waals surface area (Å²) >= 11 is 0. The zero-order valence-electron chi connectivity index (χ0n) is 10.8. The molecule has 0 atom stereocenters. The van der Waals surface area contributed by atoms with Gasteiger partial charge in [-0.2, -0.15) is 9.98 Å². The highest BCUT2D eigenvalue weighted by atomic mass is 32.2. The SMILES string of the molecule is CCCOc1ccc(S(=O)(=O)NCC#N)cc1C(=O)O. The normalized spacial score (nSPS) is 10.8. The first-order valence-electron chi connectivity index (χ1n) is 5.79. The molecule has 2 N–H and O–H groups in total. The predicted molar refractivity (Wildman–Crippen MR) is 70.0 cm³/mol. The number of carboxylic acid groups (broad SMARTS) is 1. The molecule has 0 unspecified atom stereocenters. The summed E-state index contributed by atoms with van der Waals surface area (Å²) in [6.45, 7) is 1.81. The van der Waals surface area contributed by atoms with E-state index in [1.165, 1.54) is 12.1 Å². The highest BCUT2D eigenvalue weighted by Crippen LogP contribution is 2.23. The molecule has 0 saturated heterocycles. The molecule has 0 amide bonds. The minimum absolute atomic E-state index is 0.110. The monoisotopic (exact) mass is 298 g/mol. The van der Waals surface area contributed by atoms with Gasteiger partial charge in [0.15, 0.2) is 0 Å². The number of hydrogen-bond acceptors (Lipinski definition) is 5. The van der Waals surface area contributed by atoms with Crippen LogP contribution in [0.1, 0.15) is 23.7 Å². The van der Waals surface area contributed by atoms with Crippen LogP contribution < -0.4 is 9.46 Å². The van der Waals surface area contributed by atoms with Crippen LogP contribution in [0.3, 0.4) is 0 Å². The van der Waals surface area contributed by atoms with Gasteiger partial charge in [0.05, 0.1) is 24.1 Å². The average molecular weight is 298 g/mol. The lowest BCUT2D eigenvalue weighted by Gasteiger charge is -2.10. The Morgan fingerprint density at radius 2 is 2.20 bits per heavy atom. The molecule has 0 spiro atoms. The van der Waals surface area contributed by atoms with Gasteiger partial charge in [0, 0.05) is 0 Å². The molecule has 20 heavy (non-hydrogen) atoms. The van der Waals surface area contributed by atoms with E-state index in [-0.39, 0.29) is 16.2 Å². The number of sulfonamides is 1. The smallest absolute Gasteiger partial charge is 0.339 e. The van der Waals surface area contributed by atoms with Gasteiger partial charge in [0.2, 0.25) is 10.0 Å². The molecule has 0 aliphatic heterocycles. The van der Waals surface area contributed by atoms with E-state index in [1.54, 1.807) is 6.07 Å². The average Bonchev–Trinajstić information content (AvgIpc) is 2.42. The Bertz CT molecular complexity index is 634. The van der Waals surface area contributed by atoms with Crippen molar-refractivity contribution in [3.8, 4) is 11.8 Å². The minimum Gasteiger partial charge on any atom is -0.493 e. The van der Waals surface area contributed by atoms with Crippen LogP contribution in [0.4, 0.5) is 0 Å². The Kier molecular flexibility index (Phi) is 5.49. The van der Waals surface area contributed by atoms with E-state index in [9.17, 15) is 13.2 Å². The van der Waals surface area contributed by atoms with Crippen molar-refractivity contribution < 1.29 is 23.1 Å². The summed E-state index contributed by atoms with van der Waals surface area (Å²) in [4.78, 5) is 10.9. The standard InChI is InChI=1S/C12H14N2O5S/c1-2-7-19-11-4-3-9(8-10(11)12(15)16)20(17,18)14-6-5-13/h3-4,8,14H,2,6-7H2,1H3,(H,15,16). The lowest BCUT2D eigenvalue weighted by Crippen LogP contribution is -2.24. The van der Waals surface area contributed by atoms with Crippen LogP contribution in [-0.4, -0.2) is 32.6 Å². The predicted octanol–water partition coefficient (Wildman–Crippen LogP) is 0.975. The molecule has 0 radical (unpaired) electrons. The van der Waals surface area contributed by atoms with Gasteiger partial charge in [-0.1, -0.05) is 6.92 Å². The van der Waals surface area contributed by atoms with E-state index in [1.807, 2.05) is 11.6 Å². The summed E-state index contributed by atoms with van der Waals surface area (Å²) in [6.07, 6.45) is 0.697. The van der Waals surface area contributed by atoms with E-state index < -0.39 is 22.5 Å². The van der Waals surface area contributed by atoms with Gasteiger partial charge in [0.25, 0.3) is 0 Å². The molecule has 1 rings (SSSR count). The summed E-state index contributed by atoms with van der Waals surface area (Å²) in [6, 6.07) is 5.17. The molecule has 0 aliphatic rings. The van der Waals surface area contributed by atoms with Gasteiger partial charge in [-0.25, -0.2) is 13.2 Å². The van der Waals surface area contributed by atoms with Crippen molar-refractivity contribution >= 4 is 16.0 Å². The third-order valence-corrected chi connectivity index (χ3v) is 3.69. The first-order chi connectivity index (χ1) is 9.42. The summed E-state index contributed by atoms with van der Waals surface area (Å²) < 4.78 is 30.9. The summed E-state index contributed by atoms with van der Waals surface area (Å²) in [5.41, 5.74) is -0.238. The molecule has 0 heterocycles. The molecule has 0 saturated carbocycles. The van der Waals surface area contributed by atoms with Crippen LogP contribution in [0, 0.1) is 11.3 Å².